The Morgan fingerprint density at radius 1 is 1.42 bits per heavy atom. The highest BCUT2D eigenvalue weighted by molar-refractivity contribution is 5.11. The van der Waals surface area contributed by atoms with E-state index < -0.39 is 0 Å². The average Bonchev–Trinajstić information content (AvgIpc) is 3.01. The van der Waals surface area contributed by atoms with Crippen LogP contribution >= 0.6 is 0 Å². The minimum absolute atomic E-state index is 0.0161. The van der Waals surface area contributed by atoms with Gasteiger partial charge in [0, 0.05) is 44.4 Å². The second-order valence-electron chi connectivity index (χ2n) is 7.37. The molecule has 3 rings (SSSR count). The number of hydrogen-bond acceptors (Lipinski definition) is 5. The quantitative estimate of drug-likeness (QED) is 0.919. The van der Waals surface area contributed by atoms with E-state index in [2.05, 4.69) is 40.9 Å². The Morgan fingerprint density at radius 2 is 2.21 bits per heavy atom. The fraction of sp³-hybridized carbons (Fsp3) is 0.588. The molecule has 1 saturated heterocycles. The van der Waals surface area contributed by atoms with Gasteiger partial charge in [-0.3, -0.25) is 14.8 Å². The zero-order valence-electron chi connectivity index (χ0n) is 14.7. The van der Waals surface area contributed by atoms with Crippen molar-refractivity contribution in [3.05, 3.63) is 45.9 Å². The van der Waals surface area contributed by atoms with Crippen molar-refractivity contribution in [3.8, 4) is 0 Å². The molecule has 1 atom stereocenters. The minimum Gasteiger partial charge on any atom is -0.368 e. The first kappa shape index (κ1) is 16.9. The number of pyridine rings is 1. The summed E-state index contributed by atoms with van der Waals surface area (Å²) in [6.45, 7) is 9.20. The first-order valence-electron chi connectivity index (χ1n) is 8.25. The normalized spacial score (nSPS) is 19.6. The lowest BCUT2D eigenvalue weighted by Crippen LogP contribution is -2.38. The van der Waals surface area contributed by atoms with Gasteiger partial charge >= 0.3 is 0 Å². The molecule has 2 aromatic heterocycles. The summed E-state index contributed by atoms with van der Waals surface area (Å²) in [5, 5.41) is 7.33. The van der Waals surface area contributed by atoms with Gasteiger partial charge in [-0.2, -0.15) is 5.10 Å². The molecule has 1 aliphatic heterocycles. The standard InChI is InChI=1S/C17H25N5O2/c1-17(2,3)16-18-15(19-20-16)13-11-22(7-8-24-13)10-12-5-6-21(4)14(23)9-12/h5-6,9,13H,7-8,10-11H2,1-4H3,(H,18,19,20)/t13-/m1/s1. The summed E-state index contributed by atoms with van der Waals surface area (Å²) in [5.41, 5.74) is 0.946. The molecule has 7 heteroatoms. The molecule has 0 unspecified atom stereocenters. The number of morpholine rings is 1. The van der Waals surface area contributed by atoms with Crippen molar-refractivity contribution in [3.63, 3.8) is 0 Å². The number of rotatable bonds is 3. The van der Waals surface area contributed by atoms with E-state index in [1.54, 1.807) is 17.7 Å². The number of hydrogen-bond donors (Lipinski definition) is 1. The molecule has 0 aromatic carbocycles. The van der Waals surface area contributed by atoms with Crippen LogP contribution < -0.4 is 5.56 Å². The second-order valence-corrected chi connectivity index (χ2v) is 7.37. The molecule has 0 amide bonds. The summed E-state index contributed by atoms with van der Waals surface area (Å²) in [6, 6.07) is 3.68. The van der Waals surface area contributed by atoms with Crippen LogP contribution in [-0.2, 0) is 23.7 Å². The number of ether oxygens (including phenoxy) is 1. The maximum atomic E-state index is 11.8. The number of nitrogens with one attached hydrogen (secondary N) is 1. The molecule has 0 saturated carbocycles. The number of aromatic nitrogens is 4. The predicted octanol–water partition coefficient (Wildman–Crippen LogP) is 1.37. The highest BCUT2D eigenvalue weighted by atomic mass is 16.5. The third-order valence-corrected chi connectivity index (χ3v) is 4.20. The Balaban J connectivity index is 1.69. The van der Waals surface area contributed by atoms with Crippen molar-refractivity contribution in [2.45, 2.75) is 38.8 Å². The van der Waals surface area contributed by atoms with E-state index in [1.165, 1.54) is 0 Å². The molecule has 7 nitrogen and oxygen atoms in total. The fourth-order valence-electron chi connectivity index (χ4n) is 2.71. The van der Waals surface area contributed by atoms with E-state index in [4.69, 9.17) is 4.74 Å². The van der Waals surface area contributed by atoms with Crippen LogP contribution in [0, 0.1) is 0 Å². The highest BCUT2D eigenvalue weighted by Crippen LogP contribution is 2.23. The van der Waals surface area contributed by atoms with Gasteiger partial charge in [-0.15, -0.1) is 0 Å². The molecular formula is C17H25N5O2. The predicted molar refractivity (Wildman–Crippen MR) is 90.7 cm³/mol. The van der Waals surface area contributed by atoms with Gasteiger partial charge in [0.2, 0.25) is 0 Å². The molecule has 24 heavy (non-hydrogen) atoms. The van der Waals surface area contributed by atoms with E-state index in [1.807, 2.05) is 12.3 Å². The Labute approximate surface area is 141 Å². The van der Waals surface area contributed by atoms with Crippen LogP contribution in [0.15, 0.2) is 23.1 Å². The number of nitrogens with zero attached hydrogens (tertiary/aromatic N) is 4. The Kier molecular flexibility index (Phi) is 4.56. The van der Waals surface area contributed by atoms with Crippen LogP contribution in [0.3, 0.4) is 0 Å². The van der Waals surface area contributed by atoms with Crippen molar-refractivity contribution < 1.29 is 4.74 Å². The van der Waals surface area contributed by atoms with Gasteiger partial charge < -0.3 is 9.30 Å². The van der Waals surface area contributed by atoms with Crippen LogP contribution in [-0.4, -0.2) is 44.3 Å². The number of H-pyrrole nitrogens is 1. The summed E-state index contributed by atoms with van der Waals surface area (Å²) in [4.78, 5) is 18.6. The third-order valence-electron chi connectivity index (χ3n) is 4.20. The van der Waals surface area contributed by atoms with Gasteiger partial charge in [0.25, 0.3) is 5.56 Å². The molecule has 1 aliphatic rings. The molecule has 0 radical (unpaired) electrons. The molecular weight excluding hydrogens is 306 g/mol. The third kappa shape index (κ3) is 3.73. The monoisotopic (exact) mass is 331 g/mol. The first-order valence-corrected chi connectivity index (χ1v) is 8.25. The summed E-state index contributed by atoms with van der Waals surface area (Å²) in [5.74, 6) is 1.57. The topological polar surface area (TPSA) is 76.0 Å². The molecule has 1 fully saturated rings. The van der Waals surface area contributed by atoms with Gasteiger partial charge in [0.05, 0.1) is 6.61 Å². The fourth-order valence-corrected chi connectivity index (χ4v) is 2.71. The Hall–Kier alpha value is -1.99. The molecule has 0 aliphatic carbocycles. The minimum atomic E-state index is -0.117. The van der Waals surface area contributed by atoms with E-state index in [0.717, 1.165) is 36.8 Å². The van der Waals surface area contributed by atoms with Crippen LogP contribution in [0.4, 0.5) is 0 Å². The van der Waals surface area contributed by atoms with E-state index in [-0.39, 0.29) is 17.1 Å². The molecule has 3 heterocycles. The zero-order valence-corrected chi connectivity index (χ0v) is 14.7. The van der Waals surface area contributed by atoms with Crippen molar-refractivity contribution in [2.75, 3.05) is 19.7 Å². The summed E-state index contributed by atoms with van der Waals surface area (Å²) < 4.78 is 7.44. The largest absolute Gasteiger partial charge is 0.368 e. The van der Waals surface area contributed by atoms with Crippen molar-refractivity contribution in [2.24, 2.45) is 7.05 Å². The summed E-state index contributed by atoms with van der Waals surface area (Å²) >= 11 is 0. The average molecular weight is 331 g/mol. The maximum absolute atomic E-state index is 11.8. The van der Waals surface area contributed by atoms with Gasteiger partial charge in [-0.1, -0.05) is 20.8 Å². The first-order chi connectivity index (χ1) is 11.3. The Bertz CT molecular complexity index is 759. The van der Waals surface area contributed by atoms with Gasteiger partial charge in [-0.05, 0) is 11.6 Å². The van der Waals surface area contributed by atoms with Crippen molar-refractivity contribution >= 4 is 0 Å². The lowest BCUT2D eigenvalue weighted by atomic mass is 9.96. The lowest BCUT2D eigenvalue weighted by molar-refractivity contribution is -0.0371. The SMILES string of the molecule is Cn1ccc(CN2CCO[C@@H](c3nc(C(C)(C)C)n[nH]3)C2)cc1=O. The zero-order chi connectivity index (χ0) is 17.3. The Morgan fingerprint density at radius 3 is 2.88 bits per heavy atom. The molecule has 0 spiro atoms. The number of aryl methyl sites for hydroxylation is 1. The van der Waals surface area contributed by atoms with E-state index >= 15 is 0 Å². The molecule has 0 bridgehead atoms. The van der Waals surface area contributed by atoms with Crippen LogP contribution in [0.25, 0.3) is 0 Å². The van der Waals surface area contributed by atoms with Crippen LogP contribution in [0.2, 0.25) is 0 Å². The van der Waals surface area contributed by atoms with Crippen molar-refractivity contribution in [1.29, 1.82) is 0 Å². The van der Waals surface area contributed by atoms with Gasteiger partial charge in [-0.25, -0.2) is 4.98 Å². The highest BCUT2D eigenvalue weighted by Gasteiger charge is 2.27. The van der Waals surface area contributed by atoms with Crippen molar-refractivity contribution in [1.82, 2.24) is 24.6 Å². The number of aromatic amines is 1. The molecule has 130 valence electrons. The maximum Gasteiger partial charge on any atom is 0.250 e. The smallest absolute Gasteiger partial charge is 0.250 e. The molecule has 1 N–H and O–H groups in total. The lowest BCUT2D eigenvalue weighted by Gasteiger charge is -2.31. The van der Waals surface area contributed by atoms with E-state index in [9.17, 15) is 4.79 Å². The van der Waals surface area contributed by atoms with Crippen LogP contribution in [0.5, 0.6) is 0 Å². The van der Waals surface area contributed by atoms with Crippen LogP contribution in [0.1, 0.15) is 44.1 Å². The summed E-state index contributed by atoms with van der Waals surface area (Å²) in [6.07, 6.45) is 1.69. The van der Waals surface area contributed by atoms with Gasteiger partial charge in [0.1, 0.15) is 6.10 Å². The summed E-state index contributed by atoms with van der Waals surface area (Å²) in [7, 11) is 1.76. The van der Waals surface area contributed by atoms with E-state index in [0.29, 0.717) is 6.61 Å². The van der Waals surface area contributed by atoms with Gasteiger partial charge in [0.15, 0.2) is 11.6 Å². The molecule has 2 aromatic rings. The second kappa shape index (κ2) is 6.49.